The van der Waals surface area contributed by atoms with E-state index in [2.05, 4.69) is 17.2 Å². The molecule has 1 heterocycles. The molecule has 1 aliphatic rings. The van der Waals surface area contributed by atoms with Crippen molar-refractivity contribution in [3.63, 3.8) is 0 Å². The molecule has 0 atom stereocenters. The molecule has 3 nitrogen and oxygen atoms in total. The minimum Gasteiger partial charge on any atom is -0.386 e. The Morgan fingerprint density at radius 3 is 2.79 bits per heavy atom. The second-order valence-electron chi connectivity index (χ2n) is 3.57. The van der Waals surface area contributed by atoms with Crippen molar-refractivity contribution in [1.29, 1.82) is 0 Å². The molecule has 3 heteroatoms. The predicted octanol–water partition coefficient (Wildman–Crippen LogP) is 1.55. The Bertz CT molecular complexity index is 319. The molecule has 0 aliphatic carbocycles. The van der Waals surface area contributed by atoms with Crippen LogP contribution in [0.2, 0.25) is 0 Å². The number of benzene rings is 1. The van der Waals surface area contributed by atoms with Crippen LogP contribution < -0.4 is 5.73 Å². The van der Waals surface area contributed by atoms with E-state index in [1.165, 1.54) is 5.56 Å². The highest BCUT2D eigenvalue weighted by Crippen LogP contribution is 2.09. The number of rotatable bonds is 2. The standard InChI is InChI=1S/C11H15N3/c12-11-7-4-8-14(13-11)9-10-5-2-1-3-6-10/h1-3,5-6H,4,7-9H2,(H2,12,13). The summed E-state index contributed by atoms with van der Waals surface area (Å²) >= 11 is 0. The zero-order valence-corrected chi connectivity index (χ0v) is 8.19. The highest BCUT2D eigenvalue weighted by atomic mass is 15.5. The lowest BCUT2D eigenvalue weighted by Crippen LogP contribution is -2.29. The number of hydrazone groups is 1. The van der Waals surface area contributed by atoms with Crippen molar-refractivity contribution < 1.29 is 0 Å². The van der Waals surface area contributed by atoms with Gasteiger partial charge in [0.1, 0.15) is 5.84 Å². The summed E-state index contributed by atoms with van der Waals surface area (Å²) in [5.41, 5.74) is 6.97. The molecular weight excluding hydrogens is 174 g/mol. The molecule has 0 saturated carbocycles. The van der Waals surface area contributed by atoms with E-state index in [0.717, 1.165) is 31.8 Å². The highest BCUT2D eigenvalue weighted by molar-refractivity contribution is 5.80. The maximum absolute atomic E-state index is 5.69. The molecule has 74 valence electrons. The lowest BCUT2D eigenvalue weighted by Gasteiger charge is -2.23. The normalized spacial score (nSPS) is 16.6. The van der Waals surface area contributed by atoms with Gasteiger partial charge < -0.3 is 5.73 Å². The summed E-state index contributed by atoms with van der Waals surface area (Å²) in [5.74, 6) is 0.757. The molecule has 1 aromatic rings. The van der Waals surface area contributed by atoms with E-state index >= 15 is 0 Å². The summed E-state index contributed by atoms with van der Waals surface area (Å²) in [6, 6.07) is 10.3. The van der Waals surface area contributed by atoms with Gasteiger partial charge in [0.2, 0.25) is 0 Å². The van der Waals surface area contributed by atoms with E-state index in [0.29, 0.717) is 0 Å². The Morgan fingerprint density at radius 2 is 2.07 bits per heavy atom. The van der Waals surface area contributed by atoms with Crippen LogP contribution in [0.1, 0.15) is 18.4 Å². The van der Waals surface area contributed by atoms with Crippen molar-refractivity contribution in [3.8, 4) is 0 Å². The van der Waals surface area contributed by atoms with Gasteiger partial charge in [-0.05, 0) is 12.0 Å². The first-order valence-corrected chi connectivity index (χ1v) is 4.96. The molecule has 0 unspecified atom stereocenters. The first-order chi connectivity index (χ1) is 6.84. The maximum Gasteiger partial charge on any atom is 0.119 e. The third kappa shape index (κ3) is 2.25. The van der Waals surface area contributed by atoms with Gasteiger partial charge in [0.05, 0.1) is 6.54 Å². The topological polar surface area (TPSA) is 41.6 Å². The summed E-state index contributed by atoms with van der Waals surface area (Å²) in [7, 11) is 0. The number of nitrogens with zero attached hydrogens (tertiary/aromatic N) is 2. The van der Waals surface area contributed by atoms with Gasteiger partial charge in [0, 0.05) is 13.0 Å². The lowest BCUT2D eigenvalue weighted by atomic mass is 10.2. The van der Waals surface area contributed by atoms with Gasteiger partial charge >= 0.3 is 0 Å². The van der Waals surface area contributed by atoms with Crippen LogP contribution in [-0.4, -0.2) is 17.4 Å². The zero-order valence-electron chi connectivity index (χ0n) is 8.19. The minimum absolute atomic E-state index is 0.757. The molecule has 2 N–H and O–H groups in total. The van der Waals surface area contributed by atoms with Crippen molar-refractivity contribution in [1.82, 2.24) is 5.01 Å². The Labute approximate surface area is 84.2 Å². The van der Waals surface area contributed by atoms with E-state index in [4.69, 9.17) is 5.73 Å². The van der Waals surface area contributed by atoms with Crippen LogP contribution in [0.3, 0.4) is 0 Å². The number of hydrogen-bond donors (Lipinski definition) is 1. The third-order valence-corrected chi connectivity index (χ3v) is 2.33. The van der Waals surface area contributed by atoms with Crippen molar-refractivity contribution >= 4 is 5.84 Å². The zero-order chi connectivity index (χ0) is 9.80. The van der Waals surface area contributed by atoms with Gasteiger partial charge in [-0.15, -0.1) is 0 Å². The second kappa shape index (κ2) is 4.13. The number of hydrogen-bond acceptors (Lipinski definition) is 3. The molecule has 1 aromatic carbocycles. The Kier molecular flexibility index (Phi) is 2.68. The third-order valence-electron chi connectivity index (χ3n) is 2.33. The van der Waals surface area contributed by atoms with E-state index in [-0.39, 0.29) is 0 Å². The summed E-state index contributed by atoms with van der Waals surface area (Å²) in [6.07, 6.45) is 2.05. The predicted molar refractivity (Wildman–Crippen MR) is 57.7 cm³/mol. The average molecular weight is 189 g/mol. The fourth-order valence-corrected chi connectivity index (χ4v) is 1.63. The van der Waals surface area contributed by atoms with Crippen LogP contribution >= 0.6 is 0 Å². The van der Waals surface area contributed by atoms with Crippen LogP contribution in [0.5, 0.6) is 0 Å². The Morgan fingerprint density at radius 1 is 1.29 bits per heavy atom. The molecule has 0 bridgehead atoms. The van der Waals surface area contributed by atoms with E-state index < -0.39 is 0 Å². The fraction of sp³-hybridized carbons (Fsp3) is 0.364. The van der Waals surface area contributed by atoms with Crippen molar-refractivity contribution in [2.24, 2.45) is 10.8 Å². The molecule has 0 spiro atoms. The molecule has 0 amide bonds. The molecule has 14 heavy (non-hydrogen) atoms. The summed E-state index contributed by atoms with van der Waals surface area (Å²) in [4.78, 5) is 0. The monoisotopic (exact) mass is 189 g/mol. The van der Waals surface area contributed by atoms with Crippen LogP contribution in [0.15, 0.2) is 35.4 Å². The van der Waals surface area contributed by atoms with Gasteiger partial charge in [0.25, 0.3) is 0 Å². The molecule has 0 radical (unpaired) electrons. The lowest BCUT2D eigenvalue weighted by molar-refractivity contribution is 0.264. The molecule has 0 saturated heterocycles. The first-order valence-electron chi connectivity index (χ1n) is 4.96. The van der Waals surface area contributed by atoms with E-state index in [9.17, 15) is 0 Å². The van der Waals surface area contributed by atoms with Crippen LogP contribution in [0.25, 0.3) is 0 Å². The van der Waals surface area contributed by atoms with E-state index in [1.54, 1.807) is 0 Å². The largest absolute Gasteiger partial charge is 0.386 e. The average Bonchev–Trinajstić information content (AvgIpc) is 2.19. The summed E-state index contributed by atoms with van der Waals surface area (Å²) in [6.45, 7) is 1.87. The fourth-order valence-electron chi connectivity index (χ4n) is 1.63. The molecule has 0 aromatic heterocycles. The van der Waals surface area contributed by atoms with Gasteiger partial charge in [-0.2, -0.15) is 5.10 Å². The quantitative estimate of drug-likeness (QED) is 0.767. The van der Waals surface area contributed by atoms with E-state index in [1.807, 2.05) is 23.2 Å². The molecule has 1 aliphatic heterocycles. The minimum atomic E-state index is 0.757. The maximum atomic E-state index is 5.69. The van der Waals surface area contributed by atoms with Crippen LogP contribution in [0, 0.1) is 0 Å². The number of nitrogens with two attached hydrogens (primary N) is 1. The van der Waals surface area contributed by atoms with Crippen molar-refractivity contribution in [3.05, 3.63) is 35.9 Å². The van der Waals surface area contributed by atoms with Crippen molar-refractivity contribution in [2.45, 2.75) is 19.4 Å². The van der Waals surface area contributed by atoms with Gasteiger partial charge in [-0.25, -0.2) is 0 Å². The van der Waals surface area contributed by atoms with Crippen molar-refractivity contribution in [2.75, 3.05) is 6.54 Å². The Balaban J connectivity index is 2.01. The molecule has 0 fully saturated rings. The van der Waals surface area contributed by atoms with Gasteiger partial charge in [0.15, 0.2) is 0 Å². The molecule has 2 rings (SSSR count). The number of amidine groups is 1. The highest BCUT2D eigenvalue weighted by Gasteiger charge is 2.09. The van der Waals surface area contributed by atoms with Gasteiger partial charge in [-0.3, -0.25) is 5.01 Å². The Hall–Kier alpha value is -1.51. The SMILES string of the molecule is NC1=NN(Cc2ccccc2)CCC1. The smallest absolute Gasteiger partial charge is 0.119 e. The second-order valence-corrected chi connectivity index (χ2v) is 3.57. The van der Waals surface area contributed by atoms with Crippen LogP contribution in [0.4, 0.5) is 0 Å². The molecular formula is C11H15N3. The first kappa shape index (κ1) is 9.06. The summed E-state index contributed by atoms with van der Waals surface area (Å²) < 4.78 is 0. The summed E-state index contributed by atoms with van der Waals surface area (Å²) in [5, 5.41) is 6.34. The van der Waals surface area contributed by atoms with Crippen LogP contribution in [-0.2, 0) is 6.54 Å². The van der Waals surface area contributed by atoms with Gasteiger partial charge in [-0.1, -0.05) is 30.3 Å².